The second-order valence-electron chi connectivity index (χ2n) is 7.07. The Morgan fingerprint density at radius 1 is 1.18 bits per heavy atom. The number of carbonyl (C=O) groups is 1. The van der Waals surface area contributed by atoms with Crippen LogP contribution in [0.15, 0.2) is 60.9 Å². The van der Waals surface area contributed by atoms with E-state index in [4.69, 9.17) is 0 Å². The maximum absolute atomic E-state index is 12.5. The summed E-state index contributed by atoms with van der Waals surface area (Å²) in [6.07, 6.45) is 6.81. The van der Waals surface area contributed by atoms with Crippen LogP contribution in [0.3, 0.4) is 0 Å². The molecule has 0 bridgehead atoms. The Hall–Kier alpha value is -3.41. The molecule has 1 N–H and O–H groups in total. The van der Waals surface area contributed by atoms with Crippen molar-refractivity contribution in [3.63, 3.8) is 0 Å². The second-order valence-corrected chi connectivity index (χ2v) is 7.07. The molecular formula is C22H23N5O. The Morgan fingerprint density at radius 2 is 2.00 bits per heavy atom. The highest BCUT2D eigenvalue weighted by atomic mass is 16.1. The first-order chi connectivity index (χ1) is 13.6. The average Bonchev–Trinajstić information content (AvgIpc) is 3.29. The lowest BCUT2D eigenvalue weighted by Gasteiger charge is -2.20. The molecule has 6 heteroatoms. The second kappa shape index (κ2) is 7.68. The topological polar surface area (TPSA) is 66.8 Å². The first-order valence-corrected chi connectivity index (χ1v) is 9.35. The number of carbonyl (C=O) groups excluding carboxylic acids is 1. The first kappa shape index (κ1) is 18.0. The van der Waals surface area contributed by atoms with E-state index in [1.165, 1.54) is 0 Å². The molecule has 0 spiro atoms. The fourth-order valence-corrected chi connectivity index (χ4v) is 3.36. The molecule has 6 nitrogen and oxygen atoms in total. The maximum Gasteiger partial charge on any atom is 0.182 e. The maximum atomic E-state index is 12.5. The average molecular weight is 373 g/mol. The third-order valence-corrected chi connectivity index (χ3v) is 4.76. The van der Waals surface area contributed by atoms with Gasteiger partial charge >= 0.3 is 0 Å². The number of nitrogens with zero attached hydrogens (tertiary/aromatic N) is 4. The van der Waals surface area contributed by atoms with Gasteiger partial charge in [0.1, 0.15) is 0 Å². The van der Waals surface area contributed by atoms with Crippen molar-refractivity contribution in [2.24, 2.45) is 0 Å². The van der Waals surface area contributed by atoms with Crippen LogP contribution in [0.1, 0.15) is 39.6 Å². The van der Waals surface area contributed by atoms with Crippen molar-refractivity contribution in [1.82, 2.24) is 24.9 Å². The minimum absolute atomic E-state index is 0.0926. The van der Waals surface area contributed by atoms with Crippen molar-refractivity contribution >= 4 is 11.4 Å². The van der Waals surface area contributed by atoms with Crippen LogP contribution in [0.25, 0.3) is 5.57 Å². The standard InChI is InChI=1S/C22H23N5O/c1-16-11-17(2)27(25-16)14-20-12-21(24-23-20)19-9-6-10-26(13-19)15-22(28)18-7-4-3-5-8-18/h3-8,10-13H,9,14-15H2,1-2H3,(H,23,24). The van der Waals surface area contributed by atoms with Crippen molar-refractivity contribution in [3.05, 3.63) is 89.3 Å². The largest absolute Gasteiger partial charge is 0.346 e. The highest BCUT2D eigenvalue weighted by molar-refractivity contribution is 5.97. The van der Waals surface area contributed by atoms with Crippen LogP contribution in [0.4, 0.5) is 0 Å². The van der Waals surface area contributed by atoms with Crippen molar-refractivity contribution in [3.8, 4) is 0 Å². The van der Waals surface area contributed by atoms with Crippen molar-refractivity contribution in [2.75, 3.05) is 6.54 Å². The zero-order chi connectivity index (χ0) is 19.5. The number of allylic oxidation sites excluding steroid dienone is 2. The van der Waals surface area contributed by atoms with Crippen LogP contribution in [0.2, 0.25) is 0 Å². The quantitative estimate of drug-likeness (QED) is 0.669. The van der Waals surface area contributed by atoms with Gasteiger partial charge in [0, 0.05) is 23.7 Å². The highest BCUT2D eigenvalue weighted by Crippen LogP contribution is 2.23. The van der Waals surface area contributed by atoms with Crippen molar-refractivity contribution in [1.29, 1.82) is 0 Å². The van der Waals surface area contributed by atoms with E-state index in [1.807, 2.05) is 66.2 Å². The number of aromatic amines is 1. The molecule has 3 aromatic rings. The molecule has 1 aliphatic rings. The van der Waals surface area contributed by atoms with E-state index in [0.29, 0.717) is 13.1 Å². The SMILES string of the molecule is Cc1cc(C)n(Cc2cc(C3=CN(CC(=O)c4ccccc4)C=CC3)n[nH]2)n1. The smallest absolute Gasteiger partial charge is 0.182 e. The minimum Gasteiger partial charge on any atom is -0.346 e. The van der Waals surface area contributed by atoms with E-state index in [-0.39, 0.29) is 5.78 Å². The van der Waals surface area contributed by atoms with Crippen LogP contribution in [0, 0.1) is 13.8 Å². The van der Waals surface area contributed by atoms with Gasteiger partial charge in [-0.2, -0.15) is 10.2 Å². The summed E-state index contributed by atoms with van der Waals surface area (Å²) in [6, 6.07) is 13.5. The fourth-order valence-electron chi connectivity index (χ4n) is 3.36. The normalized spacial score (nSPS) is 13.6. The molecule has 0 fully saturated rings. The zero-order valence-corrected chi connectivity index (χ0v) is 16.1. The Morgan fingerprint density at radius 3 is 2.75 bits per heavy atom. The van der Waals surface area contributed by atoms with Gasteiger partial charge in [-0.3, -0.25) is 14.6 Å². The number of hydrogen-bond donors (Lipinski definition) is 1. The van der Waals surface area contributed by atoms with Crippen LogP contribution in [0.5, 0.6) is 0 Å². The molecule has 0 unspecified atom stereocenters. The predicted molar refractivity (Wildman–Crippen MR) is 109 cm³/mol. The van der Waals surface area contributed by atoms with E-state index >= 15 is 0 Å². The van der Waals surface area contributed by atoms with Crippen LogP contribution >= 0.6 is 0 Å². The molecule has 0 saturated heterocycles. The molecule has 28 heavy (non-hydrogen) atoms. The lowest BCUT2D eigenvalue weighted by molar-refractivity contribution is 0.0969. The lowest BCUT2D eigenvalue weighted by Crippen LogP contribution is -2.22. The molecule has 142 valence electrons. The van der Waals surface area contributed by atoms with E-state index in [2.05, 4.69) is 33.5 Å². The number of benzene rings is 1. The van der Waals surface area contributed by atoms with Crippen LogP contribution in [-0.4, -0.2) is 37.2 Å². The summed E-state index contributed by atoms with van der Waals surface area (Å²) in [5.74, 6) is 0.0926. The minimum atomic E-state index is 0.0926. The summed E-state index contributed by atoms with van der Waals surface area (Å²) in [4.78, 5) is 14.4. The summed E-state index contributed by atoms with van der Waals surface area (Å²) in [6.45, 7) is 5.01. The molecule has 1 aromatic carbocycles. The third kappa shape index (κ3) is 3.96. The van der Waals surface area contributed by atoms with Gasteiger partial charge in [0.15, 0.2) is 5.78 Å². The summed E-state index contributed by atoms with van der Waals surface area (Å²) in [5, 5.41) is 12.1. The number of ketones is 1. The predicted octanol–water partition coefficient (Wildman–Crippen LogP) is 3.71. The monoisotopic (exact) mass is 373 g/mol. The summed E-state index contributed by atoms with van der Waals surface area (Å²) in [7, 11) is 0. The summed E-state index contributed by atoms with van der Waals surface area (Å²) >= 11 is 0. The van der Waals surface area contributed by atoms with E-state index < -0.39 is 0 Å². The van der Waals surface area contributed by atoms with Gasteiger partial charge in [-0.1, -0.05) is 36.4 Å². The third-order valence-electron chi connectivity index (χ3n) is 4.76. The molecule has 1 aliphatic heterocycles. The van der Waals surface area contributed by atoms with E-state index in [9.17, 15) is 4.79 Å². The summed E-state index contributed by atoms with van der Waals surface area (Å²) in [5.41, 5.74) is 5.85. The molecule has 0 aliphatic carbocycles. The van der Waals surface area contributed by atoms with Gasteiger partial charge in [-0.25, -0.2) is 0 Å². The molecule has 0 radical (unpaired) electrons. The molecule has 3 heterocycles. The Balaban J connectivity index is 1.46. The highest BCUT2D eigenvalue weighted by Gasteiger charge is 2.14. The molecular weight excluding hydrogens is 350 g/mol. The molecule has 0 saturated carbocycles. The van der Waals surface area contributed by atoms with Crippen LogP contribution < -0.4 is 0 Å². The number of hydrogen-bond acceptors (Lipinski definition) is 4. The van der Waals surface area contributed by atoms with Gasteiger partial charge in [0.05, 0.1) is 30.2 Å². The van der Waals surface area contributed by atoms with Gasteiger partial charge in [-0.05, 0) is 38.0 Å². The zero-order valence-electron chi connectivity index (χ0n) is 16.1. The number of Topliss-reactive ketones (excluding diaryl/α,β-unsaturated/α-hetero) is 1. The lowest BCUT2D eigenvalue weighted by atomic mass is 10.1. The molecule has 0 atom stereocenters. The number of aryl methyl sites for hydroxylation is 2. The number of rotatable bonds is 6. The van der Waals surface area contributed by atoms with Gasteiger partial charge in [0.25, 0.3) is 0 Å². The van der Waals surface area contributed by atoms with Gasteiger partial charge < -0.3 is 4.90 Å². The molecule has 2 aromatic heterocycles. The fraction of sp³-hybridized carbons (Fsp3) is 0.227. The molecule has 0 amide bonds. The Kier molecular flexibility index (Phi) is 4.93. The Labute approximate surface area is 164 Å². The number of aromatic nitrogens is 4. The van der Waals surface area contributed by atoms with Gasteiger partial charge in [0.2, 0.25) is 0 Å². The Bertz CT molecular complexity index is 1040. The first-order valence-electron chi connectivity index (χ1n) is 9.35. The van der Waals surface area contributed by atoms with Crippen molar-refractivity contribution in [2.45, 2.75) is 26.8 Å². The molecule has 4 rings (SSSR count). The summed E-state index contributed by atoms with van der Waals surface area (Å²) < 4.78 is 1.96. The van der Waals surface area contributed by atoms with Gasteiger partial charge in [-0.15, -0.1) is 0 Å². The number of nitrogens with one attached hydrogen (secondary N) is 1. The number of H-pyrrole nitrogens is 1. The van der Waals surface area contributed by atoms with Crippen molar-refractivity contribution < 1.29 is 4.79 Å². The van der Waals surface area contributed by atoms with E-state index in [1.54, 1.807) is 0 Å². The van der Waals surface area contributed by atoms with E-state index in [0.717, 1.165) is 40.3 Å². The van der Waals surface area contributed by atoms with Crippen LogP contribution in [-0.2, 0) is 6.54 Å².